The molecule has 0 radical (unpaired) electrons. The Morgan fingerprint density at radius 1 is 0.304 bits per heavy atom. The van der Waals surface area contributed by atoms with Crippen molar-refractivity contribution in [3.63, 3.8) is 0 Å². The zero-order chi connectivity index (χ0) is 52.9. The van der Waals surface area contributed by atoms with Crippen LogP contribution in [0.1, 0.15) is 72.9 Å². The van der Waals surface area contributed by atoms with Crippen LogP contribution in [0.15, 0.2) is 264 Å². The largest absolute Gasteiger partial charge is 0.454 e. The van der Waals surface area contributed by atoms with Gasteiger partial charge in [-0.2, -0.15) is 0 Å². The summed E-state index contributed by atoms with van der Waals surface area (Å²) in [4.78, 5) is 4.92. The van der Waals surface area contributed by atoms with Gasteiger partial charge in [0.1, 0.15) is 11.2 Å². The maximum absolute atomic E-state index is 6.97. The van der Waals surface area contributed by atoms with E-state index in [-0.39, 0.29) is 0 Å². The van der Waals surface area contributed by atoms with E-state index in [4.69, 9.17) is 8.83 Å². The van der Waals surface area contributed by atoms with E-state index in [0.29, 0.717) is 11.8 Å². The summed E-state index contributed by atoms with van der Waals surface area (Å²) in [6, 6.07) is 94.0. The van der Waals surface area contributed by atoms with E-state index < -0.39 is 5.41 Å². The minimum absolute atomic E-state index is 0.375. The Bertz CT molecular complexity index is 4360. The van der Waals surface area contributed by atoms with Crippen molar-refractivity contribution >= 4 is 99.5 Å². The van der Waals surface area contributed by atoms with Crippen LogP contribution < -0.4 is 9.80 Å². The number of nitrogens with zero attached hydrogens (tertiary/aromatic N) is 2. The monoisotopic (exact) mass is 1020 g/mol. The fourth-order valence-electron chi connectivity index (χ4n) is 13.2. The lowest BCUT2D eigenvalue weighted by atomic mass is 9.67. The van der Waals surface area contributed by atoms with Gasteiger partial charge in [-0.1, -0.05) is 222 Å². The van der Waals surface area contributed by atoms with Gasteiger partial charge in [0.25, 0.3) is 0 Å². The van der Waals surface area contributed by atoms with Crippen LogP contribution in [-0.4, -0.2) is 0 Å². The van der Waals surface area contributed by atoms with Crippen molar-refractivity contribution in [2.24, 2.45) is 0 Å². The fraction of sp³-hybridized carbons (Fsp3) is 0.0933. The summed E-state index contributed by atoms with van der Waals surface area (Å²) < 4.78 is 13.9. The van der Waals surface area contributed by atoms with E-state index in [1.807, 2.05) is 0 Å². The van der Waals surface area contributed by atoms with E-state index in [1.54, 1.807) is 0 Å². The standard InChI is InChI=1S/C75H56N2O2/c1-47(2)49-37-41-53(42-38-49)76(65-33-19-31-61-57-27-15-17-35-69(57)78-73(61)65)67-45-63-71(59-29-13-11-25-55(59)67)72-60-30-14-12-26-56(60)68(46-64(72)75(63,51-21-7-5-8-22-51)52-23-9-6-10-24-52)77(54-43-39-50(40-44-54)48(3)4)66-34-20-32-62-58-28-16-18-36-70(58)79-74(62)66/h5-48H,1-4H3. The van der Waals surface area contributed by atoms with E-state index in [0.717, 1.165) is 88.8 Å². The molecular weight excluding hydrogens is 961 g/mol. The molecule has 0 saturated carbocycles. The summed E-state index contributed by atoms with van der Waals surface area (Å²) >= 11 is 0. The molecule has 0 bridgehead atoms. The van der Waals surface area contributed by atoms with Gasteiger partial charge >= 0.3 is 0 Å². The van der Waals surface area contributed by atoms with Gasteiger partial charge in [-0.05, 0) is 128 Å². The Labute approximate surface area is 460 Å². The van der Waals surface area contributed by atoms with Crippen LogP contribution in [0.3, 0.4) is 0 Å². The van der Waals surface area contributed by atoms with Crippen molar-refractivity contribution in [2.75, 3.05) is 9.80 Å². The molecule has 12 aromatic carbocycles. The van der Waals surface area contributed by atoms with Gasteiger partial charge in [-0.3, -0.25) is 0 Å². The summed E-state index contributed by atoms with van der Waals surface area (Å²) in [5, 5.41) is 8.99. The van der Waals surface area contributed by atoms with E-state index >= 15 is 0 Å². The van der Waals surface area contributed by atoms with Gasteiger partial charge in [0, 0.05) is 43.7 Å². The molecule has 1 aliphatic carbocycles. The van der Waals surface area contributed by atoms with Gasteiger partial charge in [-0.15, -0.1) is 0 Å². The zero-order valence-corrected chi connectivity index (χ0v) is 44.6. The third kappa shape index (κ3) is 7.07. The Morgan fingerprint density at radius 2 is 0.646 bits per heavy atom. The summed E-state index contributed by atoms with van der Waals surface area (Å²) in [6.45, 7) is 9.04. The molecule has 378 valence electrons. The minimum atomic E-state index is -0.818. The highest BCUT2D eigenvalue weighted by Gasteiger charge is 2.49. The van der Waals surface area contributed by atoms with Crippen molar-refractivity contribution in [1.29, 1.82) is 0 Å². The maximum Gasteiger partial charge on any atom is 0.159 e. The molecule has 2 heterocycles. The van der Waals surface area contributed by atoms with Crippen LogP contribution in [0, 0.1) is 0 Å². The Hall–Kier alpha value is -9.64. The molecule has 14 aromatic rings. The molecule has 0 fully saturated rings. The predicted octanol–water partition coefficient (Wildman–Crippen LogP) is 21.3. The second kappa shape index (κ2) is 18.3. The molecule has 4 heteroatoms. The van der Waals surface area contributed by atoms with Crippen LogP contribution in [-0.2, 0) is 5.41 Å². The van der Waals surface area contributed by atoms with E-state index in [2.05, 4.69) is 292 Å². The van der Waals surface area contributed by atoms with Gasteiger partial charge in [-0.25, -0.2) is 0 Å². The molecule has 2 aromatic heterocycles. The molecule has 0 unspecified atom stereocenters. The van der Waals surface area contributed by atoms with Crippen molar-refractivity contribution in [1.82, 2.24) is 0 Å². The van der Waals surface area contributed by atoms with Crippen molar-refractivity contribution in [3.05, 3.63) is 288 Å². The molecule has 4 nitrogen and oxygen atoms in total. The molecule has 0 aliphatic heterocycles. The Morgan fingerprint density at radius 3 is 1.04 bits per heavy atom. The third-order valence-corrected chi connectivity index (χ3v) is 16.9. The lowest BCUT2D eigenvalue weighted by Crippen LogP contribution is -2.29. The molecular formula is C75H56N2O2. The number of rotatable bonds is 10. The SMILES string of the molecule is CC(C)c1ccc(N(c2cc3c(c4ccccc24)-c2c(cc(N(c4ccc(C(C)C)cc4)c4cccc5c4oc4ccccc45)c4ccccc24)C3(c2ccccc2)c2ccccc2)c2cccc3c2oc2ccccc23)cc1. The first-order valence-electron chi connectivity index (χ1n) is 27.7. The quantitative estimate of drug-likeness (QED) is 0.137. The predicted molar refractivity (Wildman–Crippen MR) is 331 cm³/mol. The van der Waals surface area contributed by atoms with Crippen LogP contribution in [0.4, 0.5) is 34.1 Å². The van der Waals surface area contributed by atoms with Gasteiger partial charge in [0.05, 0.1) is 28.2 Å². The highest BCUT2D eigenvalue weighted by Crippen LogP contribution is 2.63. The smallest absolute Gasteiger partial charge is 0.159 e. The zero-order valence-electron chi connectivity index (χ0n) is 44.6. The summed E-state index contributed by atoms with van der Waals surface area (Å²) in [7, 11) is 0. The normalized spacial score (nSPS) is 12.9. The number of anilines is 6. The number of para-hydroxylation sites is 4. The molecule has 0 atom stereocenters. The number of benzene rings is 12. The summed E-state index contributed by atoms with van der Waals surface area (Å²) in [6.07, 6.45) is 0. The highest BCUT2D eigenvalue weighted by atomic mass is 16.3. The van der Waals surface area contributed by atoms with E-state index in [9.17, 15) is 0 Å². The first-order valence-corrected chi connectivity index (χ1v) is 27.7. The van der Waals surface area contributed by atoms with Crippen LogP contribution in [0.2, 0.25) is 0 Å². The third-order valence-electron chi connectivity index (χ3n) is 16.9. The molecule has 1 aliphatic rings. The second-order valence-corrected chi connectivity index (χ2v) is 21.9. The summed E-state index contributed by atoms with van der Waals surface area (Å²) in [5.74, 6) is 0.749. The first kappa shape index (κ1) is 46.6. The lowest BCUT2D eigenvalue weighted by Gasteiger charge is -2.36. The Kier molecular flexibility index (Phi) is 10.8. The van der Waals surface area contributed by atoms with Crippen molar-refractivity contribution in [3.8, 4) is 11.1 Å². The average Bonchev–Trinajstić information content (AvgIpc) is 3.44. The van der Waals surface area contributed by atoms with Gasteiger partial charge < -0.3 is 18.6 Å². The van der Waals surface area contributed by atoms with Gasteiger partial charge in [0.2, 0.25) is 0 Å². The minimum Gasteiger partial charge on any atom is -0.454 e. The molecule has 15 rings (SSSR count). The fourth-order valence-corrected chi connectivity index (χ4v) is 13.2. The van der Waals surface area contributed by atoms with Crippen LogP contribution in [0.25, 0.3) is 76.5 Å². The summed E-state index contributed by atoms with van der Waals surface area (Å²) in [5.41, 5.74) is 18.6. The molecule has 0 spiro atoms. The maximum atomic E-state index is 6.97. The van der Waals surface area contributed by atoms with Crippen molar-refractivity contribution < 1.29 is 8.83 Å². The van der Waals surface area contributed by atoms with Crippen LogP contribution in [0.5, 0.6) is 0 Å². The first-order chi connectivity index (χ1) is 38.9. The van der Waals surface area contributed by atoms with Crippen molar-refractivity contribution in [2.45, 2.75) is 44.9 Å². The molecule has 0 N–H and O–H groups in total. The molecule has 0 saturated heterocycles. The topological polar surface area (TPSA) is 32.8 Å². The highest BCUT2D eigenvalue weighted by molar-refractivity contribution is 6.20. The van der Waals surface area contributed by atoms with Crippen LogP contribution >= 0.6 is 0 Å². The molecule has 79 heavy (non-hydrogen) atoms. The lowest BCUT2D eigenvalue weighted by molar-refractivity contribution is 0.669. The molecule has 0 amide bonds. The van der Waals surface area contributed by atoms with Gasteiger partial charge in [0.15, 0.2) is 11.2 Å². The number of hydrogen-bond donors (Lipinski definition) is 0. The number of fused-ring (bicyclic) bond motifs is 13. The Balaban J connectivity index is 1.09. The second-order valence-electron chi connectivity index (χ2n) is 21.9. The van der Waals surface area contributed by atoms with E-state index in [1.165, 1.54) is 55.3 Å². The number of furan rings is 2. The average molecular weight is 1020 g/mol. The number of hydrogen-bond acceptors (Lipinski definition) is 4.